The molecule has 1 amide bonds. The molecule has 0 spiro atoms. The van der Waals surface area contributed by atoms with Gasteiger partial charge < -0.3 is 5.32 Å². The summed E-state index contributed by atoms with van der Waals surface area (Å²) in [5, 5.41) is 3.04. The number of nitrogens with zero attached hydrogens (tertiary/aromatic N) is 1. The molecule has 1 N–H and O–H groups in total. The molecule has 26 heavy (non-hydrogen) atoms. The van der Waals surface area contributed by atoms with E-state index in [-0.39, 0.29) is 18.0 Å². The standard InChI is InChI=1S/C23H22N2O/c26-23-22(20-14-8-3-9-15-20)25(17-16-24-23)21(18-10-4-1-5-11-18)19-12-6-2-7-13-19/h1-15,21-22H,16-17H2,(H,24,26). The summed E-state index contributed by atoms with van der Waals surface area (Å²) in [5.74, 6) is 0.0688. The van der Waals surface area contributed by atoms with Crippen LogP contribution in [0.25, 0.3) is 0 Å². The first kappa shape index (κ1) is 16.6. The van der Waals surface area contributed by atoms with Crippen molar-refractivity contribution in [3.05, 3.63) is 108 Å². The van der Waals surface area contributed by atoms with E-state index in [1.165, 1.54) is 11.1 Å². The Kier molecular flexibility index (Phi) is 4.80. The molecule has 3 aromatic carbocycles. The van der Waals surface area contributed by atoms with E-state index in [1.54, 1.807) is 0 Å². The van der Waals surface area contributed by atoms with Gasteiger partial charge in [0.2, 0.25) is 5.91 Å². The van der Waals surface area contributed by atoms with E-state index in [0.29, 0.717) is 6.54 Å². The number of hydrogen-bond acceptors (Lipinski definition) is 2. The summed E-state index contributed by atoms with van der Waals surface area (Å²) in [7, 11) is 0. The smallest absolute Gasteiger partial charge is 0.242 e. The average molecular weight is 342 g/mol. The van der Waals surface area contributed by atoms with Crippen molar-refractivity contribution < 1.29 is 4.79 Å². The van der Waals surface area contributed by atoms with E-state index in [4.69, 9.17) is 0 Å². The third-order valence-electron chi connectivity index (χ3n) is 4.93. The van der Waals surface area contributed by atoms with Crippen molar-refractivity contribution in [3.63, 3.8) is 0 Å². The second kappa shape index (κ2) is 7.54. The number of piperazine rings is 1. The van der Waals surface area contributed by atoms with Crippen molar-refractivity contribution in [1.82, 2.24) is 10.2 Å². The monoisotopic (exact) mass is 342 g/mol. The Morgan fingerprint density at radius 1 is 0.769 bits per heavy atom. The molecule has 3 aromatic rings. The fourth-order valence-electron chi connectivity index (χ4n) is 3.79. The van der Waals surface area contributed by atoms with Gasteiger partial charge in [0.05, 0.1) is 6.04 Å². The van der Waals surface area contributed by atoms with E-state index in [1.807, 2.05) is 42.5 Å². The number of rotatable bonds is 4. The molecule has 1 unspecified atom stereocenters. The number of carbonyl (C=O) groups is 1. The molecule has 0 saturated carbocycles. The topological polar surface area (TPSA) is 32.3 Å². The molecule has 0 radical (unpaired) electrons. The molecular formula is C23H22N2O. The molecule has 3 heteroatoms. The van der Waals surface area contributed by atoms with Crippen LogP contribution in [0, 0.1) is 0 Å². The summed E-state index contributed by atoms with van der Waals surface area (Å²) in [5.41, 5.74) is 3.44. The molecule has 3 nitrogen and oxygen atoms in total. The maximum Gasteiger partial charge on any atom is 0.242 e. The molecular weight excluding hydrogens is 320 g/mol. The van der Waals surface area contributed by atoms with Crippen LogP contribution in [-0.2, 0) is 4.79 Å². The van der Waals surface area contributed by atoms with Gasteiger partial charge in [-0.15, -0.1) is 0 Å². The van der Waals surface area contributed by atoms with Crippen LogP contribution < -0.4 is 5.32 Å². The predicted octanol–water partition coefficient (Wildman–Crippen LogP) is 3.95. The summed E-state index contributed by atoms with van der Waals surface area (Å²) in [6.45, 7) is 1.47. The Hall–Kier alpha value is -2.91. The van der Waals surface area contributed by atoms with Gasteiger partial charge in [-0.25, -0.2) is 0 Å². The molecule has 130 valence electrons. The van der Waals surface area contributed by atoms with Crippen LogP contribution >= 0.6 is 0 Å². The van der Waals surface area contributed by atoms with Crippen LogP contribution in [0.2, 0.25) is 0 Å². The summed E-state index contributed by atoms with van der Waals surface area (Å²) in [6, 6.07) is 30.7. The average Bonchev–Trinajstić information content (AvgIpc) is 2.71. The molecule has 1 aliphatic rings. The molecule has 1 aliphatic heterocycles. The largest absolute Gasteiger partial charge is 0.353 e. The van der Waals surface area contributed by atoms with Crippen LogP contribution in [0.15, 0.2) is 91.0 Å². The van der Waals surface area contributed by atoms with Crippen molar-refractivity contribution in [2.75, 3.05) is 13.1 Å². The van der Waals surface area contributed by atoms with Gasteiger partial charge in [0.15, 0.2) is 0 Å². The van der Waals surface area contributed by atoms with E-state index in [9.17, 15) is 4.79 Å². The van der Waals surface area contributed by atoms with Crippen molar-refractivity contribution in [2.24, 2.45) is 0 Å². The lowest BCUT2D eigenvalue weighted by Crippen LogP contribution is -2.51. The SMILES string of the molecule is O=C1NCCN(C(c2ccccc2)c2ccccc2)C1c1ccccc1. The minimum Gasteiger partial charge on any atom is -0.353 e. The van der Waals surface area contributed by atoms with Gasteiger partial charge in [0, 0.05) is 13.1 Å². The Balaban J connectivity index is 1.82. The third kappa shape index (κ3) is 3.26. The zero-order valence-corrected chi connectivity index (χ0v) is 14.6. The van der Waals surface area contributed by atoms with Crippen LogP contribution in [0.1, 0.15) is 28.8 Å². The van der Waals surface area contributed by atoms with Crippen molar-refractivity contribution in [3.8, 4) is 0 Å². The van der Waals surface area contributed by atoms with Crippen LogP contribution in [0.3, 0.4) is 0 Å². The van der Waals surface area contributed by atoms with Gasteiger partial charge in [0.25, 0.3) is 0 Å². The number of benzene rings is 3. The molecule has 1 saturated heterocycles. The minimum atomic E-state index is -0.296. The first-order valence-corrected chi connectivity index (χ1v) is 9.03. The van der Waals surface area contributed by atoms with Crippen molar-refractivity contribution in [1.29, 1.82) is 0 Å². The van der Waals surface area contributed by atoms with E-state index in [0.717, 1.165) is 12.1 Å². The molecule has 0 bridgehead atoms. The summed E-state index contributed by atoms with van der Waals surface area (Å²) in [4.78, 5) is 15.1. The van der Waals surface area contributed by atoms with Crippen molar-refractivity contribution >= 4 is 5.91 Å². The summed E-state index contributed by atoms with van der Waals surface area (Å²) >= 11 is 0. The summed E-state index contributed by atoms with van der Waals surface area (Å²) in [6.07, 6.45) is 0. The molecule has 1 fully saturated rings. The van der Waals surface area contributed by atoms with E-state index >= 15 is 0 Å². The second-order valence-corrected chi connectivity index (χ2v) is 6.57. The van der Waals surface area contributed by atoms with Crippen LogP contribution in [0.5, 0.6) is 0 Å². The highest BCUT2D eigenvalue weighted by Gasteiger charge is 2.36. The van der Waals surface area contributed by atoms with E-state index in [2.05, 4.69) is 58.7 Å². The number of nitrogens with one attached hydrogen (secondary N) is 1. The molecule has 0 aliphatic carbocycles. The minimum absolute atomic E-state index is 0.0358. The first-order valence-electron chi connectivity index (χ1n) is 9.03. The Morgan fingerprint density at radius 3 is 1.81 bits per heavy atom. The summed E-state index contributed by atoms with van der Waals surface area (Å²) < 4.78 is 0. The Bertz CT molecular complexity index is 810. The lowest BCUT2D eigenvalue weighted by molar-refractivity contribution is -0.130. The van der Waals surface area contributed by atoms with Gasteiger partial charge in [0.1, 0.15) is 6.04 Å². The van der Waals surface area contributed by atoms with E-state index < -0.39 is 0 Å². The quantitative estimate of drug-likeness (QED) is 0.779. The lowest BCUT2D eigenvalue weighted by Gasteiger charge is -2.41. The molecule has 1 atom stereocenters. The van der Waals surface area contributed by atoms with Gasteiger partial charge >= 0.3 is 0 Å². The number of hydrogen-bond donors (Lipinski definition) is 1. The highest BCUT2D eigenvalue weighted by molar-refractivity contribution is 5.84. The first-order chi connectivity index (χ1) is 12.8. The third-order valence-corrected chi connectivity index (χ3v) is 4.93. The van der Waals surface area contributed by atoms with Gasteiger partial charge in [-0.1, -0.05) is 91.0 Å². The Morgan fingerprint density at radius 2 is 1.27 bits per heavy atom. The maximum atomic E-state index is 12.8. The normalized spacial score (nSPS) is 17.9. The molecule has 0 aromatic heterocycles. The highest BCUT2D eigenvalue weighted by atomic mass is 16.2. The van der Waals surface area contributed by atoms with Crippen LogP contribution in [-0.4, -0.2) is 23.9 Å². The number of carbonyl (C=O) groups excluding carboxylic acids is 1. The second-order valence-electron chi connectivity index (χ2n) is 6.57. The van der Waals surface area contributed by atoms with Gasteiger partial charge in [-0.3, -0.25) is 9.69 Å². The van der Waals surface area contributed by atoms with Crippen LogP contribution in [0.4, 0.5) is 0 Å². The fourth-order valence-corrected chi connectivity index (χ4v) is 3.79. The highest BCUT2D eigenvalue weighted by Crippen LogP contribution is 2.36. The zero-order valence-electron chi connectivity index (χ0n) is 14.6. The Labute approximate surface area is 154 Å². The number of amides is 1. The fraction of sp³-hybridized carbons (Fsp3) is 0.174. The zero-order chi connectivity index (χ0) is 17.8. The predicted molar refractivity (Wildman–Crippen MR) is 104 cm³/mol. The lowest BCUT2D eigenvalue weighted by atomic mass is 9.92. The van der Waals surface area contributed by atoms with Gasteiger partial charge in [-0.2, -0.15) is 0 Å². The van der Waals surface area contributed by atoms with Crippen molar-refractivity contribution in [2.45, 2.75) is 12.1 Å². The molecule has 4 rings (SSSR count). The van der Waals surface area contributed by atoms with Gasteiger partial charge in [-0.05, 0) is 16.7 Å². The maximum absolute atomic E-state index is 12.8. The molecule has 1 heterocycles.